The smallest absolute Gasteiger partial charge is 0.272 e. The van der Waals surface area contributed by atoms with Gasteiger partial charge in [0, 0.05) is 11.8 Å². The molecule has 0 N–H and O–H groups in total. The average molecular weight is 430 g/mol. The summed E-state index contributed by atoms with van der Waals surface area (Å²) in [6.45, 7) is 2.61. The highest BCUT2D eigenvalue weighted by atomic mass is 32.2. The summed E-state index contributed by atoms with van der Waals surface area (Å²) in [6.07, 6.45) is 0.881. The van der Waals surface area contributed by atoms with Crippen LogP contribution in [0.3, 0.4) is 0 Å². The van der Waals surface area contributed by atoms with Crippen molar-refractivity contribution in [1.82, 2.24) is 0 Å². The van der Waals surface area contributed by atoms with Crippen molar-refractivity contribution in [1.29, 1.82) is 0 Å². The topological polar surface area (TPSA) is 46.6 Å². The molecule has 0 aromatic heterocycles. The van der Waals surface area contributed by atoms with Crippen LogP contribution in [0.5, 0.6) is 5.75 Å². The molecule has 4 rings (SSSR count). The standard InChI is InChI=1S/C26H23NO3S/c1-2-16-30-22-15-9-14-21(17-22)27-25(28)23(20-12-7-4-8-13-20)24(26(27)29)31-18-19-10-5-3-6-11-19/h3-15,17H,2,16,18H2,1H3. The molecule has 0 spiro atoms. The molecule has 3 aromatic rings. The summed E-state index contributed by atoms with van der Waals surface area (Å²) in [5, 5.41) is 0. The SMILES string of the molecule is CCCOc1cccc(N2C(=O)C(SCc3ccccc3)=C(c3ccccc3)C2=O)c1. The number of rotatable bonds is 8. The van der Waals surface area contributed by atoms with E-state index in [1.54, 1.807) is 18.2 Å². The van der Waals surface area contributed by atoms with Crippen molar-refractivity contribution >= 4 is 34.8 Å². The number of benzene rings is 3. The van der Waals surface area contributed by atoms with Crippen LogP contribution in [0.2, 0.25) is 0 Å². The van der Waals surface area contributed by atoms with Crippen molar-refractivity contribution in [2.24, 2.45) is 0 Å². The third-order valence-electron chi connectivity index (χ3n) is 4.88. The number of hydrogen-bond acceptors (Lipinski definition) is 4. The molecule has 0 saturated heterocycles. The minimum Gasteiger partial charge on any atom is -0.494 e. The van der Waals surface area contributed by atoms with Crippen LogP contribution >= 0.6 is 11.8 Å². The van der Waals surface area contributed by atoms with Crippen LogP contribution in [0.1, 0.15) is 24.5 Å². The van der Waals surface area contributed by atoms with Crippen molar-refractivity contribution in [3.8, 4) is 5.75 Å². The van der Waals surface area contributed by atoms with Gasteiger partial charge in [0.05, 0.1) is 22.8 Å². The number of imide groups is 1. The number of carbonyl (C=O) groups excluding carboxylic acids is 2. The quantitative estimate of drug-likeness (QED) is 0.431. The highest BCUT2D eigenvalue weighted by Crippen LogP contribution is 2.40. The molecule has 0 bridgehead atoms. The fourth-order valence-corrected chi connectivity index (χ4v) is 4.47. The fraction of sp³-hybridized carbons (Fsp3) is 0.154. The Hall–Kier alpha value is -3.31. The van der Waals surface area contributed by atoms with Gasteiger partial charge in [-0.1, -0.05) is 73.7 Å². The largest absolute Gasteiger partial charge is 0.494 e. The van der Waals surface area contributed by atoms with Crippen LogP contribution in [0, 0.1) is 0 Å². The molecule has 0 unspecified atom stereocenters. The zero-order valence-electron chi connectivity index (χ0n) is 17.3. The molecule has 0 fully saturated rings. The van der Waals surface area contributed by atoms with Crippen molar-refractivity contribution in [2.45, 2.75) is 19.1 Å². The number of ether oxygens (including phenoxy) is 1. The third-order valence-corrected chi connectivity index (χ3v) is 6.02. The summed E-state index contributed by atoms with van der Waals surface area (Å²) in [5.74, 6) is 0.655. The molecule has 2 amide bonds. The number of amides is 2. The molecule has 156 valence electrons. The van der Waals surface area contributed by atoms with E-state index in [1.165, 1.54) is 16.7 Å². The molecule has 31 heavy (non-hydrogen) atoms. The Morgan fingerprint density at radius 1 is 0.839 bits per heavy atom. The van der Waals surface area contributed by atoms with Crippen molar-refractivity contribution in [3.63, 3.8) is 0 Å². The number of carbonyl (C=O) groups is 2. The monoisotopic (exact) mass is 429 g/mol. The minimum absolute atomic E-state index is 0.294. The van der Waals surface area contributed by atoms with E-state index in [0.29, 0.717) is 34.3 Å². The first-order valence-corrected chi connectivity index (χ1v) is 11.3. The first-order valence-electron chi connectivity index (χ1n) is 10.3. The maximum Gasteiger partial charge on any atom is 0.272 e. The van der Waals surface area contributed by atoms with Gasteiger partial charge in [-0.15, -0.1) is 11.8 Å². The normalized spacial score (nSPS) is 13.8. The van der Waals surface area contributed by atoms with Gasteiger partial charge in [-0.05, 0) is 29.7 Å². The Balaban J connectivity index is 1.69. The second-order valence-electron chi connectivity index (χ2n) is 7.14. The Morgan fingerprint density at radius 3 is 2.26 bits per heavy atom. The molecule has 0 atom stereocenters. The zero-order valence-corrected chi connectivity index (χ0v) is 18.1. The molecule has 0 saturated carbocycles. The van der Waals surface area contributed by atoms with Gasteiger partial charge in [-0.25, -0.2) is 4.90 Å². The molecular weight excluding hydrogens is 406 g/mol. The lowest BCUT2D eigenvalue weighted by Gasteiger charge is -2.16. The average Bonchev–Trinajstić information content (AvgIpc) is 3.07. The molecule has 0 aliphatic carbocycles. The Labute approximate surface area is 186 Å². The lowest BCUT2D eigenvalue weighted by atomic mass is 10.1. The van der Waals surface area contributed by atoms with Gasteiger partial charge in [0.2, 0.25) is 0 Å². The number of hydrogen-bond donors (Lipinski definition) is 0. The second kappa shape index (κ2) is 9.67. The molecule has 4 nitrogen and oxygen atoms in total. The van der Waals surface area contributed by atoms with Gasteiger partial charge in [-0.2, -0.15) is 0 Å². The summed E-state index contributed by atoms with van der Waals surface area (Å²) in [4.78, 5) is 28.6. The number of anilines is 1. The van der Waals surface area contributed by atoms with E-state index >= 15 is 0 Å². The first-order chi connectivity index (χ1) is 15.2. The molecule has 1 heterocycles. The van der Waals surface area contributed by atoms with E-state index < -0.39 is 0 Å². The Morgan fingerprint density at radius 2 is 1.55 bits per heavy atom. The van der Waals surface area contributed by atoms with E-state index in [2.05, 4.69) is 0 Å². The van der Waals surface area contributed by atoms with Crippen LogP contribution in [0.25, 0.3) is 5.57 Å². The van der Waals surface area contributed by atoms with Gasteiger partial charge in [-0.3, -0.25) is 9.59 Å². The van der Waals surface area contributed by atoms with Gasteiger partial charge in [0.25, 0.3) is 11.8 Å². The lowest BCUT2D eigenvalue weighted by molar-refractivity contribution is -0.119. The molecular formula is C26H23NO3S. The maximum absolute atomic E-state index is 13.5. The summed E-state index contributed by atoms with van der Waals surface area (Å²) in [6, 6.07) is 26.5. The summed E-state index contributed by atoms with van der Waals surface area (Å²) >= 11 is 1.40. The number of nitrogens with zero attached hydrogens (tertiary/aromatic N) is 1. The fourth-order valence-electron chi connectivity index (χ4n) is 3.40. The maximum atomic E-state index is 13.5. The molecule has 0 radical (unpaired) electrons. The number of thioether (sulfide) groups is 1. The third kappa shape index (κ3) is 4.57. The predicted molar refractivity (Wildman–Crippen MR) is 126 cm³/mol. The highest BCUT2D eigenvalue weighted by Gasteiger charge is 2.40. The van der Waals surface area contributed by atoms with E-state index in [4.69, 9.17) is 4.74 Å². The Bertz CT molecular complexity index is 1110. The lowest BCUT2D eigenvalue weighted by Crippen LogP contribution is -2.31. The van der Waals surface area contributed by atoms with Crippen molar-refractivity contribution in [2.75, 3.05) is 11.5 Å². The molecule has 5 heteroatoms. The van der Waals surface area contributed by atoms with Gasteiger partial charge in [0.15, 0.2) is 0 Å². The highest BCUT2D eigenvalue weighted by molar-refractivity contribution is 8.03. The summed E-state index contributed by atoms with van der Waals surface area (Å²) < 4.78 is 5.70. The second-order valence-corrected chi connectivity index (χ2v) is 8.12. The van der Waals surface area contributed by atoms with Gasteiger partial charge in [0.1, 0.15) is 5.75 Å². The van der Waals surface area contributed by atoms with Crippen molar-refractivity contribution in [3.05, 3.63) is 101 Å². The minimum atomic E-state index is -0.306. The van der Waals surface area contributed by atoms with Crippen LogP contribution < -0.4 is 9.64 Å². The van der Waals surface area contributed by atoms with E-state index in [1.807, 2.05) is 73.7 Å². The van der Waals surface area contributed by atoms with Crippen LogP contribution in [-0.2, 0) is 15.3 Å². The summed E-state index contributed by atoms with van der Waals surface area (Å²) in [7, 11) is 0. The molecule has 1 aliphatic rings. The van der Waals surface area contributed by atoms with Crippen LogP contribution in [-0.4, -0.2) is 18.4 Å². The van der Waals surface area contributed by atoms with E-state index in [9.17, 15) is 9.59 Å². The van der Waals surface area contributed by atoms with Crippen molar-refractivity contribution < 1.29 is 14.3 Å². The zero-order chi connectivity index (χ0) is 21.6. The van der Waals surface area contributed by atoms with Gasteiger partial charge >= 0.3 is 0 Å². The van der Waals surface area contributed by atoms with E-state index in [-0.39, 0.29) is 11.8 Å². The van der Waals surface area contributed by atoms with Crippen LogP contribution in [0.4, 0.5) is 5.69 Å². The molecule has 1 aliphatic heterocycles. The molecule has 3 aromatic carbocycles. The first kappa shape index (κ1) is 20.9. The summed E-state index contributed by atoms with van der Waals surface area (Å²) in [5.41, 5.74) is 2.82. The van der Waals surface area contributed by atoms with Gasteiger partial charge < -0.3 is 4.74 Å². The van der Waals surface area contributed by atoms with Crippen LogP contribution in [0.15, 0.2) is 89.8 Å². The predicted octanol–water partition coefficient (Wildman–Crippen LogP) is 5.69. The van der Waals surface area contributed by atoms with E-state index in [0.717, 1.165) is 17.5 Å². The Kier molecular flexibility index (Phi) is 6.53.